The molecule has 0 radical (unpaired) electrons. The summed E-state index contributed by atoms with van der Waals surface area (Å²) in [5.74, 6) is 1.07. The number of furan rings is 1. The minimum Gasteiger partial charge on any atom is -0.444 e. The first-order chi connectivity index (χ1) is 14.2. The van der Waals surface area contributed by atoms with Crippen LogP contribution in [-0.4, -0.2) is 49.4 Å². The summed E-state index contributed by atoms with van der Waals surface area (Å²) < 4.78 is 5.86. The molecule has 1 saturated heterocycles. The van der Waals surface area contributed by atoms with Crippen LogP contribution in [0.15, 0.2) is 45.5 Å². The van der Waals surface area contributed by atoms with Gasteiger partial charge in [-0.3, -0.25) is 9.59 Å². The van der Waals surface area contributed by atoms with E-state index in [2.05, 4.69) is 40.0 Å². The molecule has 3 unspecified atom stereocenters. The molecule has 1 fully saturated rings. The largest absolute Gasteiger partial charge is 0.444 e. The van der Waals surface area contributed by atoms with Gasteiger partial charge in [-0.2, -0.15) is 0 Å². The number of likely N-dealkylation sites (tertiary alicyclic amines) is 1. The van der Waals surface area contributed by atoms with E-state index in [1.807, 2.05) is 13.0 Å². The molecule has 7 heteroatoms. The highest BCUT2D eigenvalue weighted by Gasteiger charge is 2.25. The van der Waals surface area contributed by atoms with Gasteiger partial charge in [0, 0.05) is 32.7 Å². The maximum atomic E-state index is 13.0. The zero-order valence-corrected chi connectivity index (χ0v) is 19.6. The van der Waals surface area contributed by atoms with Crippen molar-refractivity contribution in [3.8, 4) is 0 Å². The van der Waals surface area contributed by atoms with Crippen molar-refractivity contribution in [1.29, 1.82) is 0 Å². The lowest BCUT2D eigenvalue weighted by Crippen LogP contribution is -2.47. The number of hydrogen-bond acceptors (Lipinski definition) is 4. The highest BCUT2D eigenvalue weighted by atomic mass is 79.9. The van der Waals surface area contributed by atoms with E-state index in [4.69, 9.17) is 4.42 Å². The molecule has 0 aliphatic carbocycles. The second-order valence-corrected chi connectivity index (χ2v) is 9.31. The normalized spacial score (nSPS) is 20.6. The van der Waals surface area contributed by atoms with Crippen LogP contribution in [0.3, 0.4) is 0 Å². The van der Waals surface area contributed by atoms with Gasteiger partial charge >= 0.3 is 0 Å². The fourth-order valence-corrected chi connectivity index (χ4v) is 4.64. The van der Waals surface area contributed by atoms with Gasteiger partial charge in [0.2, 0.25) is 0 Å². The predicted octanol–water partition coefficient (Wildman–Crippen LogP) is 4.41. The van der Waals surface area contributed by atoms with E-state index in [9.17, 15) is 9.59 Å². The molecule has 1 aliphatic heterocycles. The van der Waals surface area contributed by atoms with Crippen LogP contribution in [0, 0.1) is 11.8 Å². The summed E-state index contributed by atoms with van der Waals surface area (Å²) in [7, 11) is 1.64. The molecule has 1 N–H and O–H groups in total. The smallest absolute Gasteiger partial charge is 0.293 e. The van der Waals surface area contributed by atoms with E-state index in [0.29, 0.717) is 27.8 Å². The molecule has 0 saturated carbocycles. The van der Waals surface area contributed by atoms with Crippen LogP contribution in [0.2, 0.25) is 0 Å². The Balaban J connectivity index is 1.68. The average molecular weight is 476 g/mol. The molecule has 162 valence electrons. The Bertz CT molecular complexity index is 887. The monoisotopic (exact) mass is 475 g/mol. The summed E-state index contributed by atoms with van der Waals surface area (Å²) in [6.45, 7) is 9.55. The summed E-state index contributed by atoms with van der Waals surface area (Å²) in [5.41, 5.74) is 1.01. The van der Waals surface area contributed by atoms with Gasteiger partial charge in [-0.1, -0.05) is 26.0 Å². The van der Waals surface area contributed by atoms with Gasteiger partial charge in [-0.05, 0) is 65.4 Å². The van der Waals surface area contributed by atoms with Crippen LogP contribution in [0.4, 0.5) is 5.69 Å². The molecule has 6 nitrogen and oxygen atoms in total. The lowest BCUT2D eigenvalue weighted by molar-refractivity contribution is 0.0905. The molecular weight excluding hydrogens is 446 g/mol. The number of carbonyl (C=O) groups excluding carboxylic acids is 2. The topological polar surface area (TPSA) is 65.8 Å². The predicted molar refractivity (Wildman–Crippen MR) is 122 cm³/mol. The number of piperidine rings is 1. The quantitative estimate of drug-likeness (QED) is 0.671. The Labute approximate surface area is 186 Å². The SMILES string of the molecule is CC1CC(C)CN(CC(C)NC(=O)c2ccccc2N(C)C(=O)c2ccc(Br)o2)C1. The summed E-state index contributed by atoms with van der Waals surface area (Å²) >= 11 is 3.21. The molecule has 0 bridgehead atoms. The molecule has 0 spiro atoms. The number of rotatable bonds is 6. The lowest BCUT2D eigenvalue weighted by Gasteiger charge is -2.36. The zero-order chi connectivity index (χ0) is 21.8. The first-order valence-electron chi connectivity index (χ1n) is 10.4. The van der Waals surface area contributed by atoms with Crippen LogP contribution in [0.25, 0.3) is 0 Å². The number of benzene rings is 1. The first-order valence-corrected chi connectivity index (χ1v) is 11.2. The van der Waals surface area contributed by atoms with Crippen molar-refractivity contribution in [1.82, 2.24) is 10.2 Å². The Kier molecular flexibility index (Phi) is 7.36. The maximum absolute atomic E-state index is 13.0. The summed E-state index contributed by atoms with van der Waals surface area (Å²) in [6.07, 6.45) is 1.26. The number of halogens is 1. The average Bonchev–Trinajstić information content (AvgIpc) is 3.12. The number of para-hydroxylation sites is 1. The fourth-order valence-electron chi connectivity index (χ4n) is 4.34. The zero-order valence-electron chi connectivity index (χ0n) is 18.0. The lowest BCUT2D eigenvalue weighted by atomic mass is 9.92. The van der Waals surface area contributed by atoms with Crippen molar-refractivity contribution in [3.63, 3.8) is 0 Å². The Morgan fingerprint density at radius 3 is 2.50 bits per heavy atom. The third kappa shape index (κ3) is 5.52. The van der Waals surface area contributed by atoms with Crippen molar-refractivity contribution >= 4 is 33.4 Å². The third-order valence-electron chi connectivity index (χ3n) is 5.45. The molecule has 3 atom stereocenters. The van der Waals surface area contributed by atoms with Crippen molar-refractivity contribution in [2.45, 2.75) is 33.2 Å². The Morgan fingerprint density at radius 2 is 1.87 bits per heavy atom. The van der Waals surface area contributed by atoms with Gasteiger partial charge in [-0.25, -0.2) is 0 Å². The minimum atomic E-state index is -0.315. The molecule has 2 aromatic rings. The second-order valence-electron chi connectivity index (χ2n) is 8.52. The fraction of sp³-hybridized carbons (Fsp3) is 0.478. The van der Waals surface area contributed by atoms with Crippen LogP contribution in [0.1, 0.15) is 48.1 Å². The second kappa shape index (κ2) is 9.79. The molecule has 2 heterocycles. The third-order valence-corrected chi connectivity index (χ3v) is 5.88. The first kappa shape index (κ1) is 22.6. The van der Waals surface area contributed by atoms with Crippen LogP contribution in [-0.2, 0) is 0 Å². The number of anilines is 1. The summed E-state index contributed by atoms with van der Waals surface area (Å²) in [4.78, 5) is 29.6. The molecule has 3 rings (SSSR count). The van der Waals surface area contributed by atoms with Crippen LogP contribution >= 0.6 is 15.9 Å². The van der Waals surface area contributed by atoms with Crippen molar-refractivity contribution in [2.75, 3.05) is 31.6 Å². The van der Waals surface area contributed by atoms with E-state index in [-0.39, 0.29) is 23.6 Å². The Morgan fingerprint density at radius 1 is 1.20 bits per heavy atom. The summed E-state index contributed by atoms with van der Waals surface area (Å²) in [5, 5.41) is 3.10. The van der Waals surface area contributed by atoms with E-state index < -0.39 is 0 Å². The van der Waals surface area contributed by atoms with Gasteiger partial charge in [0.25, 0.3) is 11.8 Å². The van der Waals surface area contributed by atoms with Gasteiger partial charge in [0.15, 0.2) is 10.4 Å². The van der Waals surface area contributed by atoms with Crippen LogP contribution in [0.5, 0.6) is 0 Å². The molecule has 1 aromatic heterocycles. The number of nitrogens with one attached hydrogen (secondary N) is 1. The standard InChI is InChI=1S/C23H30BrN3O3/c1-15-11-16(2)13-27(12-15)14-17(3)25-22(28)18-7-5-6-8-19(18)26(4)23(29)20-9-10-21(24)30-20/h5-10,15-17H,11-14H2,1-4H3,(H,25,28). The Hall–Kier alpha value is -2.12. The molecular formula is C23H30BrN3O3. The van der Waals surface area contributed by atoms with Crippen LogP contribution < -0.4 is 10.2 Å². The van der Waals surface area contributed by atoms with Gasteiger partial charge < -0.3 is 19.5 Å². The molecule has 30 heavy (non-hydrogen) atoms. The van der Waals surface area contributed by atoms with E-state index in [0.717, 1.165) is 19.6 Å². The van der Waals surface area contributed by atoms with Crippen molar-refractivity contribution < 1.29 is 14.0 Å². The molecule has 2 amide bonds. The van der Waals surface area contributed by atoms with E-state index in [1.54, 1.807) is 37.4 Å². The number of amides is 2. The number of carbonyl (C=O) groups is 2. The highest BCUT2D eigenvalue weighted by molar-refractivity contribution is 9.10. The molecule has 1 aromatic carbocycles. The van der Waals surface area contributed by atoms with Gasteiger partial charge in [-0.15, -0.1) is 0 Å². The van der Waals surface area contributed by atoms with Gasteiger partial charge in [0.1, 0.15) is 0 Å². The summed E-state index contributed by atoms with van der Waals surface area (Å²) in [6, 6.07) is 10.4. The highest BCUT2D eigenvalue weighted by Crippen LogP contribution is 2.24. The van der Waals surface area contributed by atoms with E-state index in [1.165, 1.54) is 11.3 Å². The van der Waals surface area contributed by atoms with Crippen molar-refractivity contribution in [3.05, 3.63) is 52.4 Å². The number of hydrogen-bond donors (Lipinski definition) is 1. The molecule has 1 aliphatic rings. The minimum absolute atomic E-state index is 0.00472. The maximum Gasteiger partial charge on any atom is 0.293 e. The van der Waals surface area contributed by atoms with E-state index >= 15 is 0 Å². The van der Waals surface area contributed by atoms with Gasteiger partial charge in [0.05, 0.1) is 11.3 Å². The number of nitrogens with zero attached hydrogens (tertiary/aromatic N) is 2. The van der Waals surface area contributed by atoms with Crippen molar-refractivity contribution in [2.24, 2.45) is 11.8 Å².